The largest absolute Gasteiger partial charge is 0.443 e. The van der Waals surface area contributed by atoms with E-state index in [1.54, 1.807) is 63.2 Å². The molecule has 0 bridgehead atoms. The Morgan fingerprint density at radius 3 is 2.47 bits per heavy atom. The van der Waals surface area contributed by atoms with Crippen LogP contribution < -0.4 is 9.80 Å². The molecule has 2 amide bonds. The summed E-state index contributed by atoms with van der Waals surface area (Å²) in [5, 5.41) is 0. The Hall–Kier alpha value is -3.26. The molecule has 1 aromatic heterocycles. The number of pyridine rings is 1. The Labute approximate surface area is 199 Å². The van der Waals surface area contributed by atoms with Crippen molar-refractivity contribution in [1.29, 1.82) is 0 Å². The molecule has 0 radical (unpaired) electrons. The lowest BCUT2D eigenvalue weighted by molar-refractivity contribution is -0.124. The fourth-order valence-corrected chi connectivity index (χ4v) is 4.60. The zero-order valence-electron chi connectivity index (χ0n) is 20.1. The second-order valence-corrected chi connectivity index (χ2v) is 9.80. The van der Waals surface area contributed by atoms with Crippen LogP contribution in [0.4, 0.5) is 22.0 Å². The number of methoxy groups -OCH3 is 1. The summed E-state index contributed by atoms with van der Waals surface area (Å²) in [6, 6.07) is 8.60. The van der Waals surface area contributed by atoms with Crippen molar-refractivity contribution in [1.82, 2.24) is 4.98 Å². The van der Waals surface area contributed by atoms with Crippen molar-refractivity contribution in [3.05, 3.63) is 47.7 Å². The minimum atomic E-state index is -0.725. The standard InChI is InChI=1S/C26H31N3O5/c1-26(2,3)34-25(32)29-21-12-7-17(16-30)14-22(21)28(15-19-6-5-13-27-23(19)29)24(31)18-8-10-20(33-4)11-9-18/h5-7,12-14,16,18,20H,8-11,15H2,1-4H3. The van der Waals surface area contributed by atoms with Crippen LogP contribution in [0.3, 0.4) is 0 Å². The highest BCUT2D eigenvalue weighted by atomic mass is 16.6. The van der Waals surface area contributed by atoms with Crippen LogP contribution in [0.2, 0.25) is 0 Å². The van der Waals surface area contributed by atoms with Crippen molar-refractivity contribution in [2.24, 2.45) is 5.92 Å². The van der Waals surface area contributed by atoms with Crippen LogP contribution in [0, 0.1) is 5.92 Å². The van der Waals surface area contributed by atoms with Crippen molar-refractivity contribution in [3.8, 4) is 0 Å². The third kappa shape index (κ3) is 4.82. The molecule has 1 aliphatic carbocycles. The summed E-state index contributed by atoms with van der Waals surface area (Å²) in [4.78, 5) is 46.4. The monoisotopic (exact) mass is 465 g/mol. The first kappa shape index (κ1) is 23.9. The smallest absolute Gasteiger partial charge is 0.420 e. The average Bonchev–Trinajstić information content (AvgIpc) is 2.96. The molecule has 8 heteroatoms. The predicted octanol–water partition coefficient (Wildman–Crippen LogP) is 5.02. The molecule has 0 N–H and O–H groups in total. The zero-order chi connectivity index (χ0) is 24.5. The van der Waals surface area contributed by atoms with Gasteiger partial charge in [-0.25, -0.2) is 14.7 Å². The second kappa shape index (κ2) is 9.54. The van der Waals surface area contributed by atoms with Crippen molar-refractivity contribution in [2.75, 3.05) is 16.9 Å². The fraction of sp³-hybridized carbons (Fsp3) is 0.462. The molecule has 2 aliphatic rings. The Morgan fingerprint density at radius 1 is 1.09 bits per heavy atom. The number of hydrogen-bond acceptors (Lipinski definition) is 6. The summed E-state index contributed by atoms with van der Waals surface area (Å²) < 4.78 is 11.2. The Balaban J connectivity index is 1.81. The van der Waals surface area contributed by atoms with Gasteiger partial charge in [-0.05, 0) is 70.7 Å². The lowest BCUT2D eigenvalue weighted by atomic mass is 9.86. The topological polar surface area (TPSA) is 89.0 Å². The van der Waals surface area contributed by atoms with Crippen LogP contribution in [0.1, 0.15) is 62.4 Å². The number of anilines is 3. The summed E-state index contributed by atoms with van der Waals surface area (Å²) in [7, 11) is 1.70. The SMILES string of the molecule is COC1CCC(C(=O)N2Cc3cccnc3N(C(=O)OC(C)(C)C)c3ccc(C=O)cc32)CC1. The fourth-order valence-electron chi connectivity index (χ4n) is 4.60. The van der Waals surface area contributed by atoms with Gasteiger partial charge in [0.15, 0.2) is 0 Å². The number of amides is 2. The maximum Gasteiger partial charge on any atom is 0.420 e. The van der Waals surface area contributed by atoms with E-state index in [2.05, 4.69) is 4.98 Å². The molecular weight excluding hydrogens is 434 g/mol. The summed E-state index contributed by atoms with van der Waals surface area (Å²) >= 11 is 0. The number of nitrogens with zero attached hydrogens (tertiary/aromatic N) is 3. The first-order valence-corrected chi connectivity index (χ1v) is 11.6. The molecule has 180 valence electrons. The third-order valence-corrected chi connectivity index (χ3v) is 6.27. The number of ether oxygens (including phenoxy) is 2. The lowest BCUT2D eigenvalue weighted by Gasteiger charge is -2.32. The molecule has 2 heterocycles. The molecular formula is C26H31N3O5. The molecule has 0 atom stereocenters. The number of aromatic nitrogens is 1. The van der Waals surface area contributed by atoms with E-state index in [1.807, 2.05) is 6.07 Å². The van der Waals surface area contributed by atoms with Gasteiger partial charge >= 0.3 is 6.09 Å². The van der Waals surface area contributed by atoms with Gasteiger partial charge in [0.05, 0.1) is 24.0 Å². The maximum atomic E-state index is 13.8. The van der Waals surface area contributed by atoms with Gasteiger partial charge in [0.2, 0.25) is 5.91 Å². The second-order valence-electron chi connectivity index (χ2n) is 9.80. The van der Waals surface area contributed by atoms with Crippen LogP contribution in [0.5, 0.6) is 0 Å². The van der Waals surface area contributed by atoms with Gasteiger partial charge in [0.1, 0.15) is 17.7 Å². The van der Waals surface area contributed by atoms with Crippen LogP contribution in [-0.2, 0) is 20.8 Å². The summed E-state index contributed by atoms with van der Waals surface area (Å²) in [5.74, 6) is 0.224. The zero-order valence-corrected chi connectivity index (χ0v) is 20.1. The molecule has 1 saturated carbocycles. The average molecular weight is 466 g/mol. The number of aldehydes is 1. The minimum absolute atomic E-state index is 0.0281. The molecule has 1 aromatic carbocycles. The maximum absolute atomic E-state index is 13.8. The number of hydrogen-bond donors (Lipinski definition) is 0. The molecule has 8 nitrogen and oxygen atoms in total. The number of benzene rings is 1. The summed E-state index contributed by atoms with van der Waals surface area (Å²) in [5.41, 5.74) is 1.36. The summed E-state index contributed by atoms with van der Waals surface area (Å²) in [6.07, 6.45) is 5.03. The number of fused-ring (bicyclic) bond motifs is 2. The molecule has 1 aliphatic heterocycles. The van der Waals surface area contributed by atoms with E-state index in [-0.39, 0.29) is 24.5 Å². The van der Waals surface area contributed by atoms with E-state index in [0.717, 1.165) is 37.5 Å². The number of carbonyl (C=O) groups excluding carboxylic acids is 3. The van der Waals surface area contributed by atoms with Gasteiger partial charge in [-0.2, -0.15) is 0 Å². The van der Waals surface area contributed by atoms with Crippen LogP contribution in [-0.4, -0.2) is 42.1 Å². The Kier molecular flexibility index (Phi) is 6.70. The van der Waals surface area contributed by atoms with Crippen molar-refractivity contribution in [2.45, 2.75) is 64.7 Å². The van der Waals surface area contributed by atoms with E-state index in [4.69, 9.17) is 9.47 Å². The van der Waals surface area contributed by atoms with Gasteiger partial charge in [0, 0.05) is 30.4 Å². The third-order valence-electron chi connectivity index (χ3n) is 6.27. The lowest BCUT2D eigenvalue weighted by Crippen LogP contribution is -2.38. The number of rotatable bonds is 3. The van der Waals surface area contributed by atoms with E-state index in [1.165, 1.54) is 4.90 Å². The van der Waals surface area contributed by atoms with Crippen LogP contribution >= 0.6 is 0 Å². The van der Waals surface area contributed by atoms with E-state index < -0.39 is 11.7 Å². The van der Waals surface area contributed by atoms with Gasteiger partial charge in [-0.1, -0.05) is 6.07 Å². The first-order chi connectivity index (χ1) is 16.2. The Bertz CT molecular complexity index is 1090. The van der Waals surface area contributed by atoms with Gasteiger partial charge in [0.25, 0.3) is 0 Å². The van der Waals surface area contributed by atoms with Crippen LogP contribution in [0.25, 0.3) is 0 Å². The van der Waals surface area contributed by atoms with Gasteiger partial charge in [-0.15, -0.1) is 0 Å². The van der Waals surface area contributed by atoms with E-state index >= 15 is 0 Å². The number of carbonyl (C=O) groups is 3. The van der Waals surface area contributed by atoms with Gasteiger partial charge < -0.3 is 14.4 Å². The molecule has 0 saturated heterocycles. The van der Waals surface area contributed by atoms with Gasteiger partial charge in [-0.3, -0.25) is 9.59 Å². The minimum Gasteiger partial charge on any atom is -0.443 e. The molecule has 0 unspecified atom stereocenters. The molecule has 4 rings (SSSR count). The highest BCUT2D eigenvalue weighted by molar-refractivity contribution is 6.06. The normalized spacial score (nSPS) is 20.1. The highest BCUT2D eigenvalue weighted by Gasteiger charge is 2.37. The summed E-state index contributed by atoms with van der Waals surface area (Å²) in [6.45, 7) is 5.63. The first-order valence-electron chi connectivity index (χ1n) is 11.6. The molecule has 0 spiro atoms. The molecule has 1 fully saturated rings. The Morgan fingerprint density at radius 2 is 1.82 bits per heavy atom. The van der Waals surface area contributed by atoms with Crippen LogP contribution in [0.15, 0.2) is 36.5 Å². The quantitative estimate of drug-likeness (QED) is 0.592. The van der Waals surface area contributed by atoms with E-state index in [0.29, 0.717) is 22.8 Å². The predicted molar refractivity (Wildman–Crippen MR) is 128 cm³/mol. The van der Waals surface area contributed by atoms with E-state index in [9.17, 15) is 14.4 Å². The van der Waals surface area contributed by atoms with Crippen molar-refractivity contribution < 1.29 is 23.9 Å². The van der Waals surface area contributed by atoms with Crippen molar-refractivity contribution in [3.63, 3.8) is 0 Å². The molecule has 2 aromatic rings. The highest BCUT2D eigenvalue weighted by Crippen LogP contribution is 2.42. The van der Waals surface area contributed by atoms with Crippen molar-refractivity contribution >= 4 is 35.5 Å². The molecule has 34 heavy (non-hydrogen) atoms.